The fourth-order valence-corrected chi connectivity index (χ4v) is 2.30. The van der Waals surface area contributed by atoms with Crippen LogP contribution < -0.4 is 4.90 Å². The third-order valence-corrected chi connectivity index (χ3v) is 3.27. The molecule has 0 amide bonds. The van der Waals surface area contributed by atoms with E-state index in [-0.39, 0.29) is 0 Å². The van der Waals surface area contributed by atoms with Crippen LogP contribution in [0.15, 0.2) is 24.3 Å². The lowest BCUT2D eigenvalue weighted by atomic mass is 10.0. The molecule has 3 heteroatoms. The van der Waals surface area contributed by atoms with Crippen LogP contribution >= 0.6 is 0 Å². The number of nitrogens with zero attached hydrogens (tertiary/aromatic N) is 1. The number of ether oxygens (including phenoxy) is 1. The zero-order chi connectivity index (χ0) is 13.5. The maximum absolute atomic E-state index is 10.1. The summed E-state index contributed by atoms with van der Waals surface area (Å²) >= 11 is 0. The molecule has 1 rings (SSSR count). The molecule has 0 bridgehead atoms. The molecule has 2 atom stereocenters. The maximum atomic E-state index is 10.1. The highest BCUT2D eigenvalue weighted by molar-refractivity contribution is 5.55. The van der Waals surface area contributed by atoms with Gasteiger partial charge in [0, 0.05) is 30.9 Å². The largest absolute Gasteiger partial charge is 0.388 e. The van der Waals surface area contributed by atoms with Crippen LogP contribution in [0.1, 0.15) is 38.9 Å². The molecule has 102 valence electrons. The topological polar surface area (TPSA) is 32.7 Å². The van der Waals surface area contributed by atoms with E-state index >= 15 is 0 Å². The molecule has 1 unspecified atom stereocenters. The van der Waals surface area contributed by atoms with Crippen LogP contribution in [0, 0.1) is 0 Å². The van der Waals surface area contributed by atoms with Gasteiger partial charge in [0.25, 0.3) is 0 Å². The van der Waals surface area contributed by atoms with Crippen molar-refractivity contribution in [2.24, 2.45) is 0 Å². The predicted molar refractivity (Wildman–Crippen MR) is 76.1 cm³/mol. The van der Waals surface area contributed by atoms with Gasteiger partial charge in [0.05, 0.1) is 12.7 Å². The summed E-state index contributed by atoms with van der Waals surface area (Å²) in [5, 5.41) is 10.1. The van der Waals surface area contributed by atoms with E-state index in [2.05, 4.69) is 24.8 Å². The molecule has 1 aromatic carbocycles. The fraction of sp³-hybridized carbons (Fsp3) is 0.600. The summed E-state index contributed by atoms with van der Waals surface area (Å²) in [6.45, 7) is 7.85. The van der Waals surface area contributed by atoms with Crippen LogP contribution in [0.25, 0.3) is 0 Å². The minimum Gasteiger partial charge on any atom is -0.388 e. The van der Waals surface area contributed by atoms with Crippen molar-refractivity contribution >= 4 is 5.69 Å². The van der Waals surface area contributed by atoms with Gasteiger partial charge in [-0.25, -0.2) is 0 Å². The van der Waals surface area contributed by atoms with Crippen molar-refractivity contribution in [3.8, 4) is 0 Å². The average molecular weight is 251 g/mol. The van der Waals surface area contributed by atoms with Crippen LogP contribution in [-0.4, -0.2) is 31.4 Å². The number of aliphatic hydroxyl groups is 1. The quantitative estimate of drug-likeness (QED) is 0.808. The number of likely N-dealkylation sites (N-methyl/N-ethyl adjacent to an activating group) is 1. The minimum absolute atomic E-state index is 0.296. The van der Waals surface area contributed by atoms with E-state index in [9.17, 15) is 5.11 Å². The molecule has 1 N–H and O–H groups in total. The Kier molecular flexibility index (Phi) is 6.16. The lowest BCUT2D eigenvalue weighted by molar-refractivity contribution is 0.171. The molecule has 0 aliphatic heterocycles. The third-order valence-electron chi connectivity index (χ3n) is 3.27. The second-order valence-corrected chi connectivity index (χ2v) is 4.57. The number of hydrogen-bond donors (Lipinski definition) is 1. The molecule has 1 aromatic rings. The van der Waals surface area contributed by atoms with E-state index in [1.165, 1.54) is 0 Å². The van der Waals surface area contributed by atoms with Gasteiger partial charge in [-0.2, -0.15) is 0 Å². The van der Waals surface area contributed by atoms with E-state index < -0.39 is 6.10 Å². The first-order valence-electron chi connectivity index (χ1n) is 6.68. The standard InChI is InChI=1S/C15H25NO2/c1-5-15(17)13-9-7-8-10-14(13)16(6-2)12(3)11-18-4/h7-10,12,15,17H,5-6,11H2,1-4H3/t12?,15-/m0/s1. The number of anilines is 1. The van der Waals surface area contributed by atoms with E-state index in [0.29, 0.717) is 12.6 Å². The first kappa shape index (κ1) is 15.0. The normalized spacial score (nSPS) is 14.3. The minimum atomic E-state index is -0.398. The molecule has 0 spiro atoms. The Labute approximate surface area is 110 Å². The van der Waals surface area contributed by atoms with Crippen molar-refractivity contribution < 1.29 is 9.84 Å². The van der Waals surface area contributed by atoms with E-state index in [0.717, 1.165) is 24.2 Å². The summed E-state index contributed by atoms with van der Waals surface area (Å²) in [7, 11) is 1.72. The smallest absolute Gasteiger partial charge is 0.0807 e. The van der Waals surface area contributed by atoms with Crippen LogP contribution in [0.2, 0.25) is 0 Å². The lowest BCUT2D eigenvalue weighted by Crippen LogP contribution is -2.36. The molecule has 0 heterocycles. The van der Waals surface area contributed by atoms with Crippen LogP contribution in [-0.2, 0) is 4.74 Å². The first-order chi connectivity index (χ1) is 8.65. The first-order valence-corrected chi connectivity index (χ1v) is 6.68. The zero-order valence-electron chi connectivity index (χ0n) is 11.9. The van der Waals surface area contributed by atoms with Gasteiger partial charge in [-0.3, -0.25) is 0 Å². The average Bonchev–Trinajstić information content (AvgIpc) is 2.39. The third kappa shape index (κ3) is 3.47. The van der Waals surface area contributed by atoms with Gasteiger partial charge in [0.1, 0.15) is 0 Å². The van der Waals surface area contributed by atoms with Gasteiger partial charge in [-0.1, -0.05) is 25.1 Å². The second-order valence-electron chi connectivity index (χ2n) is 4.57. The molecule has 0 fully saturated rings. The summed E-state index contributed by atoms with van der Waals surface area (Å²) in [6, 6.07) is 8.37. The molecule has 18 heavy (non-hydrogen) atoms. The molecule has 0 aromatic heterocycles. The zero-order valence-corrected chi connectivity index (χ0v) is 11.9. The van der Waals surface area contributed by atoms with Gasteiger partial charge in [0.15, 0.2) is 0 Å². The molecular weight excluding hydrogens is 226 g/mol. The van der Waals surface area contributed by atoms with Crippen molar-refractivity contribution in [3.05, 3.63) is 29.8 Å². The molecule has 0 aliphatic rings. The summed E-state index contributed by atoms with van der Waals surface area (Å²) in [5.41, 5.74) is 2.11. The highest BCUT2D eigenvalue weighted by atomic mass is 16.5. The molecule has 0 radical (unpaired) electrons. The van der Waals surface area contributed by atoms with E-state index in [1.54, 1.807) is 7.11 Å². The van der Waals surface area contributed by atoms with E-state index in [4.69, 9.17) is 4.74 Å². The second kappa shape index (κ2) is 7.39. The van der Waals surface area contributed by atoms with Crippen molar-refractivity contribution in [3.63, 3.8) is 0 Å². The van der Waals surface area contributed by atoms with Gasteiger partial charge in [0.2, 0.25) is 0 Å². The fourth-order valence-electron chi connectivity index (χ4n) is 2.30. The SMILES string of the molecule is CC[C@H](O)c1ccccc1N(CC)C(C)COC. The Morgan fingerprint density at radius 3 is 2.50 bits per heavy atom. The number of aliphatic hydroxyl groups excluding tert-OH is 1. The van der Waals surface area contributed by atoms with Gasteiger partial charge < -0.3 is 14.7 Å². The van der Waals surface area contributed by atoms with Crippen molar-refractivity contribution in [2.45, 2.75) is 39.3 Å². The Balaban J connectivity index is 3.05. The Hall–Kier alpha value is -1.06. The van der Waals surface area contributed by atoms with Crippen LogP contribution in [0.4, 0.5) is 5.69 Å². The Morgan fingerprint density at radius 2 is 1.94 bits per heavy atom. The number of benzene rings is 1. The van der Waals surface area contributed by atoms with Crippen molar-refractivity contribution in [1.29, 1.82) is 0 Å². The van der Waals surface area contributed by atoms with Gasteiger partial charge in [-0.15, -0.1) is 0 Å². The van der Waals surface area contributed by atoms with Gasteiger partial charge in [-0.05, 0) is 26.3 Å². The van der Waals surface area contributed by atoms with E-state index in [1.807, 2.05) is 25.1 Å². The molecule has 3 nitrogen and oxygen atoms in total. The van der Waals surface area contributed by atoms with Crippen LogP contribution in [0.3, 0.4) is 0 Å². The number of rotatable bonds is 7. The summed E-state index contributed by atoms with van der Waals surface area (Å²) in [6.07, 6.45) is 0.331. The summed E-state index contributed by atoms with van der Waals surface area (Å²) < 4.78 is 5.23. The lowest BCUT2D eigenvalue weighted by Gasteiger charge is -2.32. The maximum Gasteiger partial charge on any atom is 0.0807 e. The predicted octanol–water partition coefficient (Wildman–Crippen LogP) is 2.99. The highest BCUT2D eigenvalue weighted by Gasteiger charge is 2.18. The number of methoxy groups -OCH3 is 1. The number of hydrogen-bond acceptors (Lipinski definition) is 3. The molecule has 0 saturated heterocycles. The monoisotopic (exact) mass is 251 g/mol. The van der Waals surface area contributed by atoms with Crippen LogP contribution in [0.5, 0.6) is 0 Å². The Bertz CT molecular complexity index is 354. The van der Waals surface area contributed by atoms with Gasteiger partial charge >= 0.3 is 0 Å². The molecular formula is C15H25NO2. The number of para-hydroxylation sites is 1. The summed E-state index contributed by atoms with van der Waals surface area (Å²) in [5.74, 6) is 0. The highest BCUT2D eigenvalue weighted by Crippen LogP contribution is 2.29. The van der Waals surface area contributed by atoms with Crippen molar-refractivity contribution in [2.75, 3.05) is 25.2 Å². The summed E-state index contributed by atoms with van der Waals surface area (Å²) in [4.78, 5) is 2.28. The molecule has 0 aliphatic carbocycles. The van der Waals surface area contributed by atoms with Crippen molar-refractivity contribution in [1.82, 2.24) is 0 Å². The Morgan fingerprint density at radius 1 is 1.28 bits per heavy atom. The molecule has 0 saturated carbocycles.